The van der Waals surface area contributed by atoms with Crippen LogP contribution in [0.25, 0.3) is 0 Å². The Hall–Kier alpha value is -2.87. The fraction of sp³-hybridized carbons (Fsp3) is 0.333. The van der Waals surface area contributed by atoms with Crippen LogP contribution in [-0.4, -0.2) is 23.9 Å². The molecule has 0 saturated heterocycles. The van der Waals surface area contributed by atoms with Gasteiger partial charge in [-0.2, -0.15) is 13.2 Å². The fourth-order valence-electron chi connectivity index (χ4n) is 2.64. The summed E-state index contributed by atoms with van der Waals surface area (Å²) in [5, 5.41) is 5.29. The van der Waals surface area contributed by atoms with Gasteiger partial charge in [0.15, 0.2) is 0 Å². The first-order chi connectivity index (χ1) is 13.7. The molecule has 0 fully saturated rings. The van der Waals surface area contributed by atoms with Gasteiger partial charge in [-0.3, -0.25) is 9.59 Å². The van der Waals surface area contributed by atoms with Crippen molar-refractivity contribution >= 4 is 11.8 Å². The Labute approximate surface area is 167 Å². The average Bonchev–Trinajstić information content (AvgIpc) is 2.70. The molecule has 2 rings (SSSR count). The molecular weight excluding hydrogens is 383 g/mol. The Morgan fingerprint density at radius 1 is 0.966 bits per heavy atom. The van der Waals surface area contributed by atoms with Gasteiger partial charge in [0.1, 0.15) is 6.04 Å². The van der Waals surface area contributed by atoms with Crippen molar-refractivity contribution in [1.29, 1.82) is 0 Å². The maximum Gasteiger partial charge on any atom is 0.416 e. The quantitative estimate of drug-likeness (QED) is 0.629. The smallest absolute Gasteiger partial charge is 0.350 e. The van der Waals surface area contributed by atoms with Crippen LogP contribution in [0.5, 0.6) is 0 Å². The third kappa shape index (κ3) is 7.23. The van der Waals surface area contributed by atoms with Crippen molar-refractivity contribution in [2.75, 3.05) is 0 Å². The van der Waals surface area contributed by atoms with E-state index in [2.05, 4.69) is 10.6 Å². The van der Waals surface area contributed by atoms with E-state index in [0.717, 1.165) is 17.7 Å². The molecule has 0 heterocycles. The molecule has 2 aromatic carbocycles. The lowest BCUT2D eigenvalue weighted by atomic mass is 10.0. The summed E-state index contributed by atoms with van der Waals surface area (Å²) in [4.78, 5) is 24.3. The number of rotatable bonds is 8. The Balaban J connectivity index is 1.76. The number of halogens is 3. The SMILES string of the molecule is C[C@H](NC(=O)[C@H](N)CCc1ccc(C(F)(F)F)cc1)C(=O)NCc1ccccc1. The Morgan fingerprint density at radius 2 is 1.59 bits per heavy atom. The molecule has 5 nitrogen and oxygen atoms in total. The summed E-state index contributed by atoms with van der Waals surface area (Å²) in [5.41, 5.74) is 6.72. The molecule has 0 spiro atoms. The Morgan fingerprint density at radius 3 is 2.17 bits per heavy atom. The highest BCUT2D eigenvalue weighted by molar-refractivity contribution is 5.89. The minimum absolute atomic E-state index is 0.246. The molecule has 2 atom stereocenters. The first-order valence-electron chi connectivity index (χ1n) is 9.20. The van der Waals surface area contributed by atoms with Crippen molar-refractivity contribution in [3.8, 4) is 0 Å². The molecule has 2 aromatic rings. The zero-order valence-corrected chi connectivity index (χ0v) is 16.0. The molecule has 4 N–H and O–H groups in total. The lowest BCUT2D eigenvalue weighted by Gasteiger charge is -2.17. The van der Waals surface area contributed by atoms with E-state index in [1.54, 1.807) is 6.92 Å². The molecule has 29 heavy (non-hydrogen) atoms. The number of amides is 2. The van der Waals surface area contributed by atoms with E-state index in [9.17, 15) is 22.8 Å². The van der Waals surface area contributed by atoms with Crippen LogP contribution >= 0.6 is 0 Å². The topological polar surface area (TPSA) is 84.2 Å². The number of nitrogens with two attached hydrogens (primary N) is 1. The van der Waals surface area contributed by atoms with Crippen molar-refractivity contribution in [3.05, 3.63) is 71.3 Å². The second kappa shape index (κ2) is 10.1. The van der Waals surface area contributed by atoms with Gasteiger partial charge in [-0.1, -0.05) is 42.5 Å². The van der Waals surface area contributed by atoms with E-state index in [4.69, 9.17) is 5.73 Å². The van der Waals surface area contributed by atoms with Crippen LogP contribution in [0.2, 0.25) is 0 Å². The summed E-state index contributed by atoms with van der Waals surface area (Å²) in [6.45, 7) is 1.90. The van der Waals surface area contributed by atoms with Crippen LogP contribution in [0.4, 0.5) is 13.2 Å². The molecule has 0 aliphatic carbocycles. The molecule has 156 valence electrons. The van der Waals surface area contributed by atoms with Crippen LogP contribution in [0.1, 0.15) is 30.0 Å². The van der Waals surface area contributed by atoms with Gasteiger partial charge in [-0.05, 0) is 43.0 Å². The van der Waals surface area contributed by atoms with Crippen LogP contribution in [0.3, 0.4) is 0 Å². The van der Waals surface area contributed by atoms with E-state index in [0.29, 0.717) is 18.5 Å². The zero-order valence-electron chi connectivity index (χ0n) is 16.0. The number of aryl methyl sites for hydroxylation is 1. The van der Waals surface area contributed by atoms with Crippen LogP contribution in [0.15, 0.2) is 54.6 Å². The second-order valence-electron chi connectivity index (χ2n) is 6.77. The number of carbonyl (C=O) groups excluding carboxylic acids is 2. The molecule has 0 unspecified atom stereocenters. The summed E-state index contributed by atoms with van der Waals surface area (Å²) < 4.78 is 37.7. The monoisotopic (exact) mass is 407 g/mol. The van der Waals surface area contributed by atoms with Gasteiger partial charge in [0.05, 0.1) is 11.6 Å². The van der Waals surface area contributed by atoms with E-state index >= 15 is 0 Å². The minimum atomic E-state index is -4.38. The predicted molar refractivity (Wildman–Crippen MR) is 104 cm³/mol. The highest BCUT2D eigenvalue weighted by atomic mass is 19.4. The van der Waals surface area contributed by atoms with E-state index < -0.39 is 29.7 Å². The standard InChI is InChI=1S/C21H24F3N3O2/c1-14(19(28)26-13-16-5-3-2-4-6-16)27-20(29)18(25)12-9-15-7-10-17(11-8-15)21(22,23)24/h2-8,10-11,14,18H,9,12-13,25H2,1H3,(H,26,28)(H,27,29)/t14-,18+/m0/s1. The second-order valence-corrected chi connectivity index (χ2v) is 6.77. The molecule has 2 amide bonds. The minimum Gasteiger partial charge on any atom is -0.350 e. The van der Waals surface area contributed by atoms with Crippen molar-refractivity contribution < 1.29 is 22.8 Å². The highest BCUT2D eigenvalue weighted by Gasteiger charge is 2.30. The molecule has 0 aromatic heterocycles. The van der Waals surface area contributed by atoms with Gasteiger partial charge >= 0.3 is 6.18 Å². The largest absolute Gasteiger partial charge is 0.416 e. The first kappa shape index (κ1) is 22.4. The average molecular weight is 407 g/mol. The Kier molecular flexibility index (Phi) is 7.78. The number of alkyl halides is 3. The molecule has 0 radical (unpaired) electrons. The Bertz CT molecular complexity index is 808. The summed E-state index contributed by atoms with van der Waals surface area (Å²) in [5.74, 6) is -0.823. The summed E-state index contributed by atoms with van der Waals surface area (Å²) >= 11 is 0. The molecule has 0 aliphatic heterocycles. The van der Waals surface area contributed by atoms with Crippen LogP contribution < -0.4 is 16.4 Å². The molecule has 0 bridgehead atoms. The van der Waals surface area contributed by atoms with Gasteiger partial charge in [-0.15, -0.1) is 0 Å². The van der Waals surface area contributed by atoms with Gasteiger partial charge in [-0.25, -0.2) is 0 Å². The zero-order chi connectivity index (χ0) is 21.4. The molecule has 8 heteroatoms. The number of carbonyl (C=O) groups is 2. The van der Waals surface area contributed by atoms with E-state index in [-0.39, 0.29) is 12.3 Å². The number of nitrogens with one attached hydrogen (secondary N) is 2. The van der Waals surface area contributed by atoms with Crippen molar-refractivity contribution in [2.24, 2.45) is 5.73 Å². The first-order valence-corrected chi connectivity index (χ1v) is 9.20. The van der Waals surface area contributed by atoms with Gasteiger partial charge in [0.25, 0.3) is 0 Å². The predicted octanol–water partition coefficient (Wildman–Crippen LogP) is 2.79. The molecule has 0 aliphatic rings. The van der Waals surface area contributed by atoms with Gasteiger partial charge < -0.3 is 16.4 Å². The molecular formula is C21H24F3N3O2. The van der Waals surface area contributed by atoms with E-state index in [1.165, 1.54) is 12.1 Å². The summed E-state index contributed by atoms with van der Waals surface area (Å²) in [6.07, 6.45) is -3.79. The van der Waals surface area contributed by atoms with Crippen LogP contribution in [-0.2, 0) is 28.7 Å². The fourth-order valence-corrected chi connectivity index (χ4v) is 2.64. The number of benzene rings is 2. The highest BCUT2D eigenvalue weighted by Crippen LogP contribution is 2.29. The normalized spacial score (nSPS) is 13.4. The number of hydrogen-bond acceptors (Lipinski definition) is 3. The summed E-state index contributed by atoms with van der Waals surface area (Å²) in [7, 11) is 0. The van der Waals surface area contributed by atoms with Crippen LogP contribution in [0, 0.1) is 0 Å². The van der Waals surface area contributed by atoms with Gasteiger partial charge in [0, 0.05) is 6.54 Å². The maximum absolute atomic E-state index is 12.6. The van der Waals surface area contributed by atoms with Crippen molar-refractivity contribution in [3.63, 3.8) is 0 Å². The van der Waals surface area contributed by atoms with Crippen molar-refractivity contribution in [1.82, 2.24) is 10.6 Å². The molecule has 0 saturated carbocycles. The third-order valence-electron chi connectivity index (χ3n) is 4.42. The lowest BCUT2D eigenvalue weighted by molar-refractivity contribution is -0.137. The van der Waals surface area contributed by atoms with Gasteiger partial charge in [0.2, 0.25) is 11.8 Å². The maximum atomic E-state index is 12.6. The summed E-state index contributed by atoms with van der Waals surface area (Å²) in [6, 6.07) is 12.5. The lowest BCUT2D eigenvalue weighted by Crippen LogP contribution is -2.50. The van der Waals surface area contributed by atoms with E-state index in [1.807, 2.05) is 30.3 Å². The number of hydrogen-bond donors (Lipinski definition) is 3. The van der Waals surface area contributed by atoms with Crippen molar-refractivity contribution in [2.45, 2.75) is 44.6 Å². The third-order valence-corrected chi connectivity index (χ3v) is 4.42.